The molecule has 1 N–H and O–H groups in total. The van der Waals surface area contributed by atoms with E-state index in [4.69, 9.17) is 5.26 Å². The second-order valence-corrected chi connectivity index (χ2v) is 7.60. The van der Waals surface area contributed by atoms with Gasteiger partial charge >= 0.3 is 0 Å². The summed E-state index contributed by atoms with van der Waals surface area (Å²) in [5.41, 5.74) is 0.767. The average molecular weight is 334 g/mol. The van der Waals surface area contributed by atoms with Crippen molar-refractivity contribution >= 4 is 21.5 Å². The van der Waals surface area contributed by atoms with Crippen LogP contribution in [0.4, 0.5) is 5.82 Å². The molecule has 122 valence electrons. The third-order valence-corrected chi connectivity index (χ3v) is 5.77. The van der Waals surface area contributed by atoms with Gasteiger partial charge in [0.05, 0.1) is 11.8 Å². The molecule has 3 heterocycles. The zero-order valence-corrected chi connectivity index (χ0v) is 13.4. The Kier molecular flexibility index (Phi) is 4.45. The molecule has 0 aliphatic carbocycles. The molecule has 2 aromatic heterocycles. The zero-order valence-electron chi connectivity index (χ0n) is 12.6. The Labute approximate surface area is 134 Å². The highest BCUT2D eigenvalue weighted by Gasteiger charge is 2.31. The molecule has 0 radical (unpaired) electrons. The first-order chi connectivity index (χ1) is 11.1. The highest BCUT2D eigenvalue weighted by molar-refractivity contribution is 7.89. The Morgan fingerprint density at radius 1 is 1.43 bits per heavy atom. The summed E-state index contributed by atoms with van der Waals surface area (Å²) in [6.07, 6.45) is 4.83. The van der Waals surface area contributed by atoms with Gasteiger partial charge in [0.15, 0.2) is 5.65 Å². The van der Waals surface area contributed by atoms with E-state index in [1.807, 2.05) is 18.2 Å². The smallest absolute Gasteiger partial charge is 0.214 e. The van der Waals surface area contributed by atoms with Crippen molar-refractivity contribution in [1.82, 2.24) is 18.9 Å². The largest absolute Gasteiger partial charge is 0.365 e. The highest BCUT2D eigenvalue weighted by Crippen LogP contribution is 2.18. The maximum absolute atomic E-state index is 12.2. The van der Waals surface area contributed by atoms with Gasteiger partial charge in [-0.05, 0) is 25.0 Å². The topological polar surface area (TPSA) is 103 Å². The van der Waals surface area contributed by atoms with Crippen LogP contribution in [0.15, 0.2) is 24.5 Å². The lowest BCUT2D eigenvalue weighted by atomic mass is 10.2. The third kappa shape index (κ3) is 3.60. The van der Waals surface area contributed by atoms with Crippen molar-refractivity contribution in [2.75, 3.05) is 24.2 Å². The molecule has 1 unspecified atom stereocenters. The Hall–Kier alpha value is -2.18. The standard InChI is InChI=1S/C14H18N6O2S/c15-6-1-2-10-23(21,22)19-8-5-12(11-19)17-13-3-4-14-16-7-9-20(14)18-13/h3-4,7,9,12H,1-2,5,8,10-11H2,(H,17,18). The SMILES string of the molecule is N#CCCCS(=O)(=O)N1CCC(Nc2ccc3nccn3n2)C1. The summed E-state index contributed by atoms with van der Waals surface area (Å²) >= 11 is 0. The molecule has 1 fully saturated rings. The van der Waals surface area contributed by atoms with Gasteiger partial charge in [-0.15, -0.1) is 5.10 Å². The van der Waals surface area contributed by atoms with Crippen LogP contribution in [0.3, 0.4) is 0 Å². The summed E-state index contributed by atoms with van der Waals surface area (Å²) in [5.74, 6) is 0.733. The Balaban J connectivity index is 1.60. The summed E-state index contributed by atoms with van der Waals surface area (Å²) in [5, 5.41) is 16.2. The Morgan fingerprint density at radius 3 is 3.13 bits per heavy atom. The summed E-state index contributed by atoms with van der Waals surface area (Å²) in [7, 11) is -3.28. The number of hydrogen-bond donors (Lipinski definition) is 1. The van der Waals surface area contributed by atoms with E-state index in [9.17, 15) is 8.42 Å². The number of unbranched alkanes of at least 4 members (excludes halogenated alkanes) is 1. The predicted molar refractivity (Wildman–Crippen MR) is 85.2 cm³/mol. The fraction of sp³-hybridized carbons (Fsp3) is 0.500. The monoisotopic (exact) mass is 334 g/mol. The molecule has 1 aliphatic rings. The average Bonchev–Trinajstić information content (AvgIpc) is 3.16. The number of rotatable bonds is 6. The van der Waals surface area contributed by atoms with Crippen molar-refractivity contribution in [3.63, 3.8) is 0 Å². The summed E-state index contributed by atoms with van der Waals surface area (Å²) < 4.78 is 27.6. The fourth-order valence-electron chi connectivity index (χ4n) is 2.66. The van der Waals surface area contributed by atoms with Crippen LogP contribution in [0.5, 0.6) is 0 Å². The predicted octanol–water partition coefficient (Wildman–Crippen LogP) is 0.849. The molecule has 3 rings (SSSR count). The number of hydrogen-bond acceptors (Lipinski definition) is 6. The zero-order chi connectivity index (χ0) is 16.3. The number of nitrogens with one attached hydrogen (secondary N) is 1. The Morgan fingerprint density at radius 2 is 2.30 bits per heavy atom. The van der Waals surface area contributed by atoms with Crippen LogP contribution >= 0.6 is 0 Å². The molecule has 23 heavy (non-hydrogen) atoms. The third-order valence-electron chi connectivity index (χ3n) is 3.84. The number of anilines is 1. The number of sulfonamides is 1. The van der Waals surface area contributed by atoms with Crippen molar-refractivity contribution in [3.8, 4) is 6.07 Å². The first-order valence-corrected chi connectivity index (χ1v) is 9.11. The van der Waals surface area contributed by atoms with E-state index < -0.39 is 10.0 Å². The molecule has 0 saturated carbocycles. The molecule has 0 aromatic carbocycles. The van der Waals surface area contributed by atoms with Crippen molar-refractivity contribution in [2.24, 2.45) is 0 Å². The number of nitrogens with zero attached hydrogens (tertiary/aromatic N) is 5. The van der Waals surface area contributed by atoms with Gasteiger partial charge in [-0.2, -0.15) is 9.57 Å². The molecule has 1 saturated heterocycles. The van der Waals surface area contributed by atoms with E-state index in [1.54, 1.807) is 16.9 Å². The second-order valence-electron chi connectivity index (χ2n) is 5.51. The van der Waals surface area contributed by atoms with Crippen LogP contribution < -0.4 is 5.32 Å². The normalized spacial score (nSPS) is 19.0. The fourth-order valence-corrected chi connectivity index (χ4v) is 4.22. The molecule has 1 atom stereocenters. The van der Waals surface area contributed by atoms with Gasteiger partial charge in [-0.3, -0.25) is 0 Å². The maximum atomic E-state index is 12.2. The van der Waals surface area contributed by atoms with E-state index in [0.717, 1.165) is 12.1 Å². The molecule has 0 bridgehead atoms. The molecule has 0 amide bonds. The van der Waals surface area contributed by atoms with Gasteiger partial charge < -0.3 is 5.32 Å². The van der Waals surface area contributed by atoms with Gasteiger partial charge in [-0.1, -0.05) is 0 Å². The van der Waals surface area contributed by atoms with Crippen molar-refractivity contribution in [2.45, 2.75) is 25.3 Å². The summed E-state index contributed by atoms with van der Waals surface area (Å²) in [4.78, 5) is 4.13. The lowest BCUT2D eigenvalue weighted by Crippen LogP contribution is -2.33. The van der Waals surface area contributed by atoms with Gasteiger partial charge in [-0.25, -0.2) is 17.9 Å². The maximum Gasteiger partial charge on any atom is 0.214 e. The lowest BCUT2D eigenvalue weighted by molar-refractivity contribution is 0.473. The Bertz CT molecular complexity index is 825. The molecule has 0 spiro atoms. The highest BCUT2D eigenvalue weighted by atomic mass is 32.2. The van der Waals surface area contributed by atoms with E-state index in [1.165, 1.54) is 4.31 Å². The van der Waals surface area contributed by atoms with Gasteiger partial charge in [0.1, 0.15) is 5.82 Å². The quantitative estimate of drug-likeness (QED) is 0.786. The van der Waals surface area contributed by atoms with Crippen LogP contribution in [-0.4, -0.2) is 52.2 Å². The first kappa shape index (κ1) is 15.7. The van der Waals surface area contributed by atoms with Crippen molar-refractivity contribution < 1.29 is 8.42 Å². The molecular weight excluding hydrogens is 316 g/mol. The van der Waals surface area contributed by atoms with Gasteiger partial charge in [0.2, 0.25) is 10.0 Å². The number of fused-ring (bicyclic) bond motifs is 1. The van der Waals surface area contributed by atoms with Crippen LogP contribution in [0.1, 0.15) is 19.3 Å². The van der Waals surface area contributed by atoms with Crippen molar-refractivity contribution in [3.05, 3.63) is 24.5 Å². The second kappa shape index (κ2) is 6.52. The van der Waals surface area contributed by atoms with Crippen LogP contribution in [0.2, 0.25) is 0 Å². The molecular formula is C14H18N6O2S. The van der Waals surface area contributed by atoms with E-state index in [-0.39, 0.29) is 18.2 Å². The summed E-state index contributed by atoms with van der Waals surface area (Å²) in [6.45, 7) is 0.929. The molecule has 1 aliphatic heterocycles. The van der Waals surface area contributed by atoms with Crippen LogP contribution in [-0.2, 0) is 10.0 Å². The number of nitriles is 1. The van der Waals surface area contributed by atoms with Crippen molar-refractivity contribution in [1.29, 1.82) is 5.26 Å². The van der Waals surface area contributed by atoms with Gasteiger partial charge in [0.25, 0.3) is 0 Å². The van der Waals surface area contributed by atoms with Gasteiger partial charge in [0, 0.05) is 37.9 Å². The van der Waals surface area contributed by atoms with E-state index in [2.05, 4.69) is 15.4 Å². The van der Waals surface area contributed by atoms with Crippen LogP contribution in [0.25, 0.3) is 5.65 Å². The minimum Gasteiger partial charge on any atom is -0.365 e. The molecule has 8 nitrogen and oxygen atoms in total. The lowest BCUT2D eigenvalue weighted by Gasteiger charge is -2.17. The summed E-state index contributed by atoms with van der Waals surface area (Å²) in [6, 6.07) is 5.71. The van der Waals surface area contributed by atoms with E-state index in [0.29, 0.717) is 25.3 Å². The first-order valence-electron chi connectivity index (χ1n) is 7.50. The molecule has 9 heteroatoms. The molecule has 2 aromatic rings. The minimum absolute atomic E-state index is 0.0343. The number of imidazole rings is 1. The minimum atomic E-state index is -3.28. The van der Waals surface area contributed by atoms with Crippen LogP contribution in [0, 0.1) is 11.3 Å². The van der Waals surface area contributed by atoms with E-state index >= 15 is 0 Å². The number of aromatic nitrogens is 3.